The van der Waals surface area contributed by atoms with Crippen LogP contribution < -0.4 is 10.7 Å². The van der Waals surface area contributed by atoms with Crippen molar-refractivity contribution >= 4 is 16.8 Å². The summed E-state index contributed by atoms with van der Waals surface area (Å²) in [5.41, 5.74) is 0.844. The molecule has 0 aliphatic heterocycles. The van der Waals surface area contributed by atoms with E-state index in [1.165, 1.54) is 4.68 Å². The van der Waals surface area contributed by atoms with Gasteiger partial charge in [0.1, 0.15) is 5.69 Å². The van der Waals surface area contributed by atoms with Crippen LogP contribution in [0.3, 0.4) is 0 Å². The number of rotatable bonds is 4. The monoisotopic (exact) mass is 447 g/mol. The number of aryl methyl sites for hydroxylation is 2. The molecule has 10 heteroatoms. The molecule has 170 valence electrons. The molecule has 1 atom stereocenters. The maximum Gasteiger partial charge on any atom is 0.416 e. The summed E-state index contributed by atoms with van der Waals surface area (Å²) in [5.74, 6) is -0.341. The van der Waals surface area contributed by atoms with Gasteiger partial charge in [0.15, 0.2) is 0 Å². The van der Waals surface area contributed by atoms with Crippen LogP contribution >= 0.6 is 0 Å². The number of aromatic nitrogens is 4. The molecule has 2 heterocycles. The van der Waals surface area contributed by atoms with E-state index >= 15 is 0 Å². The lowest BCUT2D eigenvalue weighted by molar-refractivity contribution is -0.137. The van der Waals surface area contributed by atoms with Crippen LogP contribution in [-0.2, 0) is 37.3 Å². The van der Waals surface area contributed by atoms with Crippen LogP contribution in [0.15, 0.2) is 29.3 Å². The number of carbonyl (C=O) groups is 1. The highest BCUT2D eigenvalue weighted by Gasteiger charge is 2.31. The molecule has 0 saturated carbocycles. The third-order valence-corrected chi connectivity index (χ3v) is 5.80. The van der Waals surface area contributed by atoms with Crippen molar-refractivity contribution in [1.29, 1.82) is 0 Å². The van der Waals surface area contributed by atoms with Gasteiger partial charge in [-0.3, -0.25) is 14.3 Å². The molecule has 0 spiro atoms. The van der Waals surface area contributed by atoms with Crippen LogP contribution in [0, 0.1) is 0 Å². The van der Waals surface area contributed by atoms with Gasteiger partial charge < -0.3 is 9.88 Å². The minimum absolute atomic E-state index is 0.0143. The second-order valence-electron chi connectivity index (χ2n) is 8.48. The van der Waals surface area contributed by atoms with Crippen molar-refractivity contribution in [3.05, 3.63) is 57.4 Å². The second-order valence-corrected chi connectivity index (χ2v) is 8.48. The summed E-state index contributed by atoms with van der Waals surface area (Å²) in [6.45, 7) is 3.52. The zero-order valence-corrected chi connectivity index (χ0v) is 18.0. The third kappa shape index (κ3) is 4.13. The van der Waals surface area contributed by atoms with Gasteiger partial charge in [-0.15, -0.1) is 0 Å². The lowest BCUT2D eigenvalue weighted by Crippen LogP contribution is -2.41. The Morgan fingerprint density at radius 2 is 2.06 bits per heavy atom. The van der Waals surface area contributed by atoms with E-state index in [0.717, 1.165) is 42.4 Å². The quantitative estimate of drug-likeness (QED) is 0.667. The van der Waals surface area contributed by atoms with Gasteiger partial charge in [-0.25, -0.2) is 4.98 Å². The first kappa shape index (κ1) is 22.0. The van der Waals surface area contributed by atoms with E-state index in [0.29, 0.717) is 6.42 Å². The van der Waals surface area contributed by atoms with E-state index in [-0.39, 0.29) is 41.0 Å². The predicted octanol–water partition coefficient (Wildman–Crippen LogP) is 2.95. The minimum atomic E-state index is -4.53. The number of amides is 1. The summed E-state index contributed by atoms with van der Waals surface area (Å²) in [5, 5.41) is 7.33. The summed E-state index contributed by atoms with van der Waals surface area (Å²) in [6, 6.07) is 2.60. The topological polar surface area (TPSA) is 81.8 Å². The van der Waals surface area contributed by atoms with Crippen LogP contribution in [0.4, 0.5) is 13.2 Å². The zero-order chi connectivity index (χ0) is 23.2. The minimum Gasteiger partial charge on any atom is -0.353 e. The number of hydrogen-bond acceptors (Lipinski definition) is 4. The van der Waals surface area contributed by atoms with Crippen LogP contribution in [0.5, 0.6) is 0 Å². The largest absolute Gasteiger partial charge is 0.416 e. The molecule has 4 rings (SSSR count). The smallest absolute Gasteiger partial charge is 0.353 e. The SMILES string of the molecule is CC(C)n1nc(CC(=O)NC2CCc3ncn(C)c3C2)c(=O)c2ccc(C(F)(F)F)cc21. The standard InChI is InChI=1S/C22H24F3N5O2/c1-12(2)30-18-8-13(22(23,24)25)4-6-15(18)21(32)17(28-30)10-20(31)27-14-5-7-16-19(9-14)29(3)11-26-16/h4,6,8,11-12,14H,5,7,9-10H2,1-3H3,(H,27,31). The van der Waals surface area contributed by atoms with Crippen molar-refractivity contribution in [2.45, 2.75) is 57.8 Å². The van der Waals surface area contributed by atoms with Crippen molar-refractivity contribution in [1.82, 2.24) is 24.6 Å². The molecular formula is C22H24F3N5O2. The lowest BCUT2D eigenvalue weighted by atomic mass is 9.95. The maximum atomic E-state index is 13.2. The van der Waals surface area contributed by atoms with E-state index in [2.05, 4.69) is 15.4 Å². The van der Waals surface area contributed by atoms with Crippen LogP contribution in [0.25, 0.3) is 10.9 Å². The van der Waals surface area contributed by atoms with E-state index in [1.54, 1.807) is 20.2 Å². The van der Waals surface area contributed by atoms with E-state index < -0.39 is 17.2 Å². The van der Waals surface area contributed by atoms with Gasteiger partial charge in [0.2, 0.25) is 11.3 Å². The van der Waals surface area contributed by atoms with Crippen molar-refractivity contribution in [3.63, 3.8) is 0 Å². The zero-order valence-electron chi connectivity index (χ0n) is 18.0. The molecule has 1 aliphatic carbocycles. The maximum absolute atomic E-state index is 13.2. The predicted molar refractivity (Wildman–Crippen MR) is 112 cm³/mol. The first-order valence-corrected chi connectivity index (χ1v) is 10.5. The molecule has 3 aromatic rings. The number of nitrogens with zero attached hydrogens (tertiary/aromatic N) is 4. The highest BCUT2D eigenvalue weighted by molar-refractivity contribution is 5.82. The molecule has 0 saturated heterocycles. The average Bonchev–Trinajstić information content (AvgIpc) is 3.09. The fourth-order valence-electron chi connectivity index (χ4n) is 4.16. The Morgan fingerprint density at radius 1 is 1.31 bits per heavy atom. The molecule has 1 unspecified atom stereocenters. The number of benzene rings is 1. The number of hydrogen-bond donors (Lipinski definition) is 1. The molecule has 1 aliphatic rings. The fraction of sp³-hybridized carbons (Fsp3) is 0.455. The van der Waals surface area contributed by atoms with Gasteiger partial charge in [-0.05, 0) is 44.9 Å². The molecule has 0 fully saturated rings. The summed E-state index contributed by atoms with van der Waals surface area (Å²) in [7, 11) is 1.91. The number of alkyl halides is 3. The molecule has 2 aromatic heterocycles. The third-order valence-electron chi connectivity index (χ3n) is 5.80. The number of carbonyl (C=O) groups excluding carboxylic acids is 1. The lowest BCUT2D eigenvalue weighted by Gasteiger charge is -2.23. The van der Waals surface area contributed by atoms with Gasteiger partial charge in [0, 0.05) is 36.6 Å². The Kier molecular flexibility index (Phi) is 5.56. The Labute approximate surface area is 182 Å². The molecule has 0 bridgehead atoms. The van der Waals surface area contributed by atoms with Crippen LogP contribution in [0.1, 0.15) is 49.0 Å². The molecular weight excluding hydrogens is 423 g/mol. The molecule has 1 aromatic carbocycles. The highest BCUT2D eigenvalue weighted by atomic mass is 19.4. The molecule has 1 N–H and O–H groups in total. The number of nitrogens with one attached hydrogen (secondary N) is 1. The first-order valence-electron chi connectivity index (χ1n) is 10.5. The summed E-state index contributed by atoms with van der Waals surface area (Å²) >= 11 is 0. The van der Waals surface area contributed by atoms with Crippen molar-refractivity contribution in [3.8, 4) is 0 Å². The first-order chi connectivity index (χ1) is 15.0. The van der Waals surface area contributed by atoms with Gasteiger partial charge in [0.05, 0.1) is 29.5 Å². The Morgan fingerprint density at radius 3 is 2.75 bits per heavy atom. The number of fused-ring (bicyclic) bond motifs is 2. The van der Waals surface area contributed by atoms with Crippen molar-refractivity contribution < 1.29 is 18.0 Å². The highest BCUT2D eigenvalue weighted by Crippen LogP contribution is 2.31. The van der Waals surface area contributed by atoms with E-state index in [9.17, 15) is 22.8 Å². The van der Waals surface area contributed by atoms with Gasteiger partial charge in [-0.2, -0.15) is 18.3 Å². The molecule has 32 heavy (non-hydrogen) atoms. The molecule has 7 nitrogen and oxygen atoms in total. The summed E-state index contributed by atoms with van der Waals surface area (Å²) in [6.07, 6.45) is -0.852. The molecule has 1 amide bonds. The summed E-state index contributed by atoms with van der Waals surface area (Å²) in [4.78, 5) is 30.0. The Balaban J connectivity index is 1.60. The van der Waals surface area contributed by atoms with Gasteiger partial charge in [-0.1, -0.05) is 0 Å². The van der Waals surface area contributed by atoms with E-state index in [4.69, 9.17) is 0 Å². The van der Waals surface area contributed by atoms with Crippen LogP contribution in [-0.4, -0.2) is 31.3 Å². The van der Waals surface area contributed by atoms with Gasteiger partial charge >= 0.3 is 6.18 Å². The average molecular weight is 447 g/mol. The van der Waals surface area contributed by atoms with E-state index in [1.807, 2.05) is 11.6 Å². The van der Waals surface area contributed by atoms with Crippen molar-refractivity contribution in [2.24, 2.45) is 7.05 Å². The van der Waals surface area contributed by atoms with Gasteiger partial charge in [0.25, 0.3) is 0 Å². The molecule has 0 radical (unpaired) electrons. The Hall–Kier alpha value is -3.17. The second kappa shape index (κ2) is 8.07. The number of imidazole rings is 1. The normalized spacial score (nSPS) is 16.4. The Bertz CT molecular complexity index is 1240. The fourth-order valence-corrected chi connectivity index (χ4v) is 4.16. The summed E-state index contributed by atoms with van der Waals surface area (Å²) < 4.78 is 42.8. The van der Waals surface area contributed by atoms with Crippen molar-refractivity contribution in [2.75, 3.05) is 0 Å². The van der Waals surface area contributed by atoms with Crippen LogP contribution in [0.2, 0.25) is 0 Å². The number of halogens is 3.